The lowest BCUT2D eigenvalue weighted by Crippen LogP contribution is -2.25. The number of aliphatic hydroxyl groups is 1. The predicted molar refractivity (Wildman–Crippen MR) is 84.1 cm³/mol. The Balaban J connectivity index is 2.74. The molecule has 0 saturated carbocycles. The van der Waals surface area contributed by atoms with Gasteiger partial charge in [-0.15, -0.1) is 0 Å². The number of nitro groups is 1. The van der Waals surface area contributed by atoms with Gasteiger partial charge >= 0.3 is 0 Å². The first-order valence-electron chi connectivity index (χ1n) is 6.46. The SMILES string of the molecule is Cc1cc(NCC(O)CC(C)(C)C)c(Br)cc1[N+](=O)[O-]. The normalized spacial score (nSPS) is 13.1. The van der Waals surface area contributed by atoms with Crippen molar-refractivity contribution in [1.29, 1.82) is 0 Å². The summed E-state index contributed by atoms with van der Waals surface area (Å²) in [5, 5.41) is 23.9. The van der Waals surface area contributed by atoms with Crippen molar-refractivity contribution in [3.8, 4) is 0 Å². The zero-order chi connectivity index (χ0) is 15.5. The van der Waals surface area contributed by atoms with E-state index in [-0.39, 0.29) is 11.1 Å². The molecule has 0 saturated heterocycles. The van der Waals surface area contributed by atoms with Crippen LogP contribution in [-0.2, 0) is 0 Å². The van der Waals surface area contributed by atoms with Crippen molar-refractivity contribution < 1.29 is 10.0 Å². The number of nitrogens with one attached hydrogen (secondary N) is 1. The van der Waals surface area contributed by atoms with Gasteiger partial charge in [0.2, 0.25) is 0 Å². The fourth-order valence-electron chi connectivity index (χ4n) is 2.01. The van der Waals surface area contributed by atoms with Crippen LogP contribution in [0.25, 0.3) is 0 Å². The summed E-state index contributed by atoms with van der Waals surface area (Å²) in [6.45, 7) is 8.32. The molecule has 1 unspecified atom stereocenters. The van der Waals surface area contributed by atoms with Crippen LogP contribution in [0.15, 0.2) is 16.6 Å². The molecule has 0 aliphatic carbocycles. The molecule has 0 aromatic heterocycles. The first-order valence-corrected chi connectivity index (χ1v) is 7.26. The molecule has 0 bridgehead atoms. The monoisotopic (exact) mass is 344 g/mol. The molecule has 6 heteroatoms. The highest BCUT2D eigenvalue weighted by Gasteiger charge is 2.18. The molecule has 0 heterocycles. The third kappa shape index (κ3) is 5.09. The Labute approximate surface area is 127 Å². The van der Waals surface area contributed by atoms with Crippen molar-refractivity contribution in [2.45, 2.75) is 40.2 Å². The molecule has 20 heavy (non-hydrogen) atoms. The van der Waals surface area contributed by atoms with E-state index in [0.717, 1.165) is 5.69 Å². The second-order valence-electron chi connectivity index (χ2n) is 6.18. The molecule has 5 nitrogen and oxygen atoms in total. The Morgan fingerprint density at radius 2 is 2.05 bits per heavy atom. The van der Waals surface area contributed by atoms with E-state index in [1.807, 2.05) is 0 Å². The molecule has 0 fully saturated rings. The molecule has 0 amide bonds. The summed E-state index contributed by atoms with van der Waals surface area (Å²) >= 11 is 3.31. The van der Waals surface area contributed by atoms with Gasteiger partial charge in [0.15, 0.2) is 0 Å². The maximum Gasteiger partial charge on any atom is 0.273 e. The summed E-state index contributed by atoms with van der Waals surface area (Å²) in [6.07, 6.45) is 0.223. The van der Waals surface area contributed by atoms with E-state index in [2.05, 4.69) is 42.0 Å². The Morgan fingerprint density at radius 3 is 2.55 bits per heavy atom. The zero-order valence-corrected chi connectivity index (χ0v) is 13.8. The minimum absolute atomic E-state index is 0.0592. The van der Waals surface area contributed by atoms with E-state index in [9.17, 15) is 15.2 Å². The van der Waals surface area contributed by atoms with Gasteiger partial charge in [0.1, 0.15) is 0 Å². The summed E-state index contributed by atoms with van der Waals surface area (Å²) in [6, 6.07) is 3.19. The van der Waals surface area contributed by atoms with Crippen LogP contribution in [0.3, 0.4) is 0 Å². The maximum absolute atomic E-state index is 10.8. The average Bonchev–Trinajstić information content (AvgIpc) is 2.27. The van der Waals surface area contributed by atoms with Gasteiger partial charge in [-0.05, 0) is 40.8 Å². The van der Waals surface area contributed by atoms with E-state index in [4.69, 9.17) is 0 Å². The average molecular weight is 345 g/mol. The fraction of sp³-hybridized carbons (Fsp3) is 0.571. The molecule has 1 atom stereocenters. The predicted octanol–water partition coefficient (Wildman–Crippen LogP) is 3.87. The summed E-state index contributed by atoms with van der Waals surface area (Å²) in [5.41, 5.74) is 1.48. The van der Waals surface area contributed by atoms with E-state index < -0.39 is 11.0 Å². The molecule has 0 aliphatic heterocycles. The number of hydrogen-bond acceptors (Lipinski definition) is 4. The van der Waals surface area contributed by atoms with Gasteiger partial charge in [-0.1, -0.05) is 20.8 Å². The van der Waals surface area contributed by atoms with Crippen LogP contribution in [0, 0.1) is 22.5 Å². The lowest BCUT2D eigenvalue weighted by Gasteiger charge is -2.23. The van der Waals surface area contributed by atoms with Crippen LogP contribution in [0.4, 0.5) is 11.4 Å². The molecule has 2 N–H and O–H groups in total. The lowest BCUT2D eigenvalue weighted by atomic mass is 9.89. The molecular formula is C14H21BrN2O3. The fourth-order valence-corrected chi connectivity index (χ4v) is 2.48. The topological polar surface area (TPSA) is 75.4 Å². The zero-order valence-electron chi connectivity index (χ0n) is 12.2. The molecule has 1 rings (SSSR count). The van der Waals surface area contributed by atoms with Crippen molar-refractivity contribution in [3.05, 3.63) is 32.3 Å². The summed E-state index contributed by atoms with van der Waals surface area (Å²) in [4.78, 5) is 10.4. The van der Waals surface area contributed by atoms with Crippen LogP contribution < -0.4 is 5.32 Å². The van der Waals surface area contributed by atoms with Gasteiger partial charge in [-0.3, -0.25) is 10.1 Å². The van der Waals surface area contributed by atoms with Crippen molar-refractivity contribution >= 4 is 27.3 Å². The smallest absolute Gasteiger partial charge is 0.273 e. The van der Waals surface area contributed by atoms with Gasteiger partial charge in [0.05, 0.1) is 11.0 Å². The highest BCUT2D eigenvalue weighted by molar-refractivity contribution is 9.10. The number of benzene rings is 1. The Kier molecular flexibility index (Phi) is 5.53. The second kappa shape index (κ2) is 6.54. The van der Waals surface area contributed by atoms with Crippen LogP contribution in [0.5, 0.6) is 0 Å². The van der Waals surface area contributed by atoms with Gasteiger partial charge in [0, 0.05) is 28.3 Å². The second-order valence-corrected chi connectivity index (χ2v) is 7.03. The summed E-state index contributed by atoms with van der Waals surface area (Å²) in [7, 11) is 0. The van der Waals surface area contributed by atoms with E-state index in [1.54, 1.807) is 13.0 Å². The van der Waals surface area contributed by atoms with Crippen LogP contribution >= 0.6 is 15.9 Å². The number of aliphatic hydroxyl groups excluding tert-OH is 1. The number of nitrogens with zero attached hydrogens (tertiary/aromatic N) is 1. The van der Waals surface area contributed by atoms with Crippen molar-refractivity contribution in [2.24, 2.45) is 5.41 Å². The Morgan fingerprint density at radius 1 is 1.45 bits per heavy atom. The minimum atomic E-state index is -0.461. The molecule has 0 radical (unpaired) electrons. The molecule has 1 aromatic rings. The van der Waals surface area contributed by atoms with Crippen molar-refractivity contribution in [2.75, 3.05) is 11.9 Å². The largest absolute Gasteiger partial charge is 0.391 e. The third-order valence-electron chi connectivity index (χ3n) is 2.86. The van der Waals surface area contributed by atoms with Gasteiger partial charge in [-0.25, -0.2) is 0 Å². The maximum atomic E-state index is 10.8. The van der Waals surface area contributed by atoms with E-state index in [1.165, 1.54) is 6.07 Å². The standard InChI is InChI=1S/C14H21BrN2O3/c1-9-5-12(11(15)6-13(9)17(19)20)16-8-10(18)7-14(2,3)4/h5-6,10,16,18H,7-8H2,1-4H3. The Hall–Kier alpha value is -1.14. The molecule has 112 valence electrons. The molecule has 0 spiro atoms. The first-order chi connectivity index (χ1) is 9.10. The van der Waals surface area contributed by atoms with Crippen LogP contribution in [-0.4, -0.2) is 22.7 Å². The summed E-state index contributed by atoms with van der Waals surface area (Å²) < 4.78 is 0.623. The molecular weight excluding hydrogens is 324 g/mol. The highest BCUT2D eigenvalue weighted by Crippen LogP contribution is 2.31. The number of halogens is 1. The van der Waals surface area contributed by atoms with Gasteiger partial charge in [0.25, 0.3) is 5.69 Å². The molecule has 1 aromatic carbocycles. The van der Waals surface area contributed by atoms with Crippen molar-refractivity contribution in [1.82, 2.24) is 0 Å². The lowest BCUT2D eigenvalue weighted by molar-refractivity contribution is -0.385. The summed E-state index contributed by atoms with van der Waals surface area (Å²) in [5.74, 6) is 0. The van der Waals surface area contributed by atoms with E-state index >= 15 is 0 Å². The number of rotatable bonds is 5. The van der Waals surface area contributed by atoms with Crippen LogP contribution in [0.1, 0.15) is 32.8 Å². The Bertz CT molecular complexity index is 498. The number of aryl methyl sites for hydroxylation is 1. The van der Waals surface area contributed by atoms with E-state index in [0.29, 0.717) is 23.0 Å². The van der Waals surface area contributed by atoms with Gasteiger partial charge in [-0.2, -0.15) is 0 Å². The molecule has 0 aliphatic rings. The quantitative estimate of drug-likeness (QED) is 0.627. The number of anilines is 1. The van der Waals surface area contributed by atoms with Gasteiger partial charge < -0.3 is 10.4 Å². The number of hydrogen-bond donors (Lipinski definition) is 2. The van der Waals surface area contributed by atoms with Crippen LogP contribution in [0.2, 0.25) is 0 Å². The third-order valence-corrected chi connectivity index (χ3v) is 3.51. The minimum Gasteiger partial charge on any atom is -0.391 e. The highest BCUT2D eigenvalue weighted by atomic mass is 79.9. The first kappa shape index (κ1) is 16.9. The van der Waals surface area contributed by atoms with Crippen molar-refractivity contribution in [3.63, 3.8) is 0 Å². The number of nitro benzene ring substituents is 1.